The molecular formula is C13H13N5. The summed E-state index contributed by atoms with van der Waals surface area (Å²) in [4.78, 5) is 0. The Bertz CT molecular complexity index is 729. The van der Waals surface area contributed by atoms with E-state index < -0.39 is 0 Å². The number of nitrogen functional groups attached to an aromatic ring is 1. The van der Waals surface area contributed by atoms with Gasteiger partial charge in [0.15, 0.2) is 5.82 Å². The zero-order valence-electron chi connectivity index (χ0n) is 10.3. The first-order chi connectivity index (χ1) is 8.66. The van der Waals surface area contributed by atoms with E-state index in [-0.39, 0.29) is 0 Å². The van der Waals surface area contributed by atoms with Crippen molar-refractivity contribution in [3.63, 3.8) is 0 Å². The van der Waals surface area contributed by atoms with Crippen LogP contribution >= 0.6 is 0 Å². The van der Waals surface area contributed by atoms with Gasteiger partial charge in [-0.1, -0.05) is 24.3 Å². The van der Waals surface area contributed by atoms with Crippen LogP contribution < -0.4 is 5.73 Å². The van der Waals surface area contributed by atoms with Crippen LogP contribution in [0, 0.1) is 13.8 Å². The average molecular weight is 239 g/mol. The Hall–Kier alpha value is -2.43. The van der Waals surface area contributed by atoms with Gasteiger partial charge in [0, 0.05) is 16.8 Å². The first kappa shape index (κ1) is 10.7. The van der Waals surface area contributed by atoms with Gasteiger partial charge in [0.1, 0.15) is 5.82 Å². The van der Waals surface area contributed by atoms with Gasteiger partial charge in [0.25, 0.3) is 0 Å². The largest absolute Gasteiger partial charge is 0.384 e. The van der Waals surface area contributed by atoms with Gasteiger partial charge in [-0.3, -0.25) is 0 Å². The molecule has 0 radical (unpaired) electrons. The number of aromatic nitrogens is 4. The molecule has 0 unspecified atom stereocenters. The third-order valence-corrected chi connectivity index (χ3v) is 2.91. The minimum absolute atomic E-state index is 0.566. The Morgan fingerprint density at radius 2 is 1.78 bits per heavy atom. The Morgan fingerprint density at radius 1 is 1.06 bits per heavy atom. The van der Waals surface area contributed by atoms with Crippen LogP contribution in [-0.2, 0) is 0 Å². The van der Waals surface area contributed by atoms with Crippen molar-refractivity contribution in [1.29, 1.82) is 0 Å². The summed E-state index contributed by atoms with van der Waals surface area (Å²) in [6.07, 6.45) is 0. The van der Waals surface area contributed by atoms with Crippen LogP contribution in [0.15, 0.2) is 30.3 Å². The molecule has 5 nitrogen and oxygen atoms in total. The predicted molar refractivity (Wildman–Crippen MR) is 70.5 cm³/mol. The molecule has 0 aliphatic carbocycles. The van der Waals surface area contributed by atoms with Crippen molar-refractivity contribution >= 4 is 16.6 Å². The fourth-order valence-corrected chi connectivity index (χ4v) is 2.07. The summed E-state index contributed by atoms with van der Waals surface area (Å²) in [5.74, 6) is 1.23. The van der Waals surface area contributed by atoms with E-state index in [4.69, 9.17) is 5.73 Å². The Labute approximate surface area is 104 Å². The molecule has 3 aromatic rings. The van der Waals surface area contributed by atoms with Gasteiger partial charge in [-0.15, -0.1) is 5.10 Å². The van der Waals surface area contributed by atoms with Crippen LogP contribution in [0.5, 0.6) is 0 Å². The number of anilines is 1. The highest BCUT2D eigenvalue weighted by Gasteiger charge is 2.11. The second-order valence-electron chi connectivity index (χ2n) is 4.28. The molecule has 0 saturated heterocycles. The van der Waals surface area contributed by atoms with Crippen molar-refractivity contribution in [3.05, 3.63) is 41.7 Å². The molecule has 3 rings (SSSR count). The molecule has 1 aromatic carbocycles. The second kappa shape index (κ2) is 3.80. The summed E-state index contributed by atoms with van der Waals surface area (Å²) in [6, 6.07) is 9.80. The van der Waals surface area contributed by atoms with Crippen LogP contribution in [0.4, 0.5) is 5.82 Å². The highest BCUT2D eigenvalue weighted by atomic mass is 15.4. The molecule has 0 saturated carbocycles. The number of aryl methyl sites for hydroxylation is 2. The molecule has 2 aromatic heterocycles. The first-order valence-electron chi connectivity index (χ1n) is 5.71. The molecule has 0 atom stereocenters. The topological polar surface area (TPSA) is 69.6 Å². The standard InChI is InChI=1S/C13H13N5/c1-8-7-12(14)18(17-8)13-11-6-4-3-5-10(11)9(2)15-16-13/h3-7H,14H2,1-2H3. The zero-order valence-corrected chi connectivity index (χ0v) is 10.3. The van der Waals surface area contributed by atoms with Crippen LogP contribution in [0.2, 0.25) is 0 Å². The third kappa shape index (κ3) is 1.52. The lowest BCUT2D eigenvalue weighted by molar-refractivity contribution is 0.816. The number of nitrogens with zero attached hydrogens (tertiary/aromatic N) is 4. The van der Waals surface area contributed by atoms with Crippen molar-refractivity contribution < 1.29 is 0 Å². The molecule has 5 heteroatoms. The van der Waals surface area contributed by atoms with Gasteiger partial charge in [-0.2, -0.15) is 14.9 Å². The van der Waals surface area contributed by atoms with E-state index in [0.29, 0.717) is 11.6 Å². The van der Waals surface area contributed by atoms with Gasteiger partial charge < -0.3 is 5.73 Å². The third-order valence-electron chi connectivity index (χ3n) is 2.91. The molecule has 18 heavy (non-hydrogen) atoms. The highest BCUT2D eigenvalue weighted by Crippen LogP contribution is 2.23. The van der Waals surface area contributed by atoms with Crippen molar-refractivity contribution in [1.82, 2.24) is 20.0 Å². The monoisotopic (exact) mass is 239 g/mol. The highest BCUT2D eigenvalue weighted by molar-refractivity contribution is 5.90. The maximum absolute atomic E-state index is 5.94. The fourth-order valence-electron chi connectivity index (χ4n) is 2.07. The van der Waals surface area contributed by atoms with Gasteiger partial charge in [-0.25, -0.2) is 0 Å². The number of fused-ring (bicyclic) bond motifs is 1. The van der Waals surface area contributed by atoms with Crippen LogP contribution in [-0.4, -0.2) is 20.0 Å². The van der Waals surface area contributed by atoms with E-state index in [1.165, 1.54) is 0 Å². The lowest BCUT2D eigenvalue weighted by atomic mass is 10.1. The summed E-state index contributed by atoms with van der Waals surface area (Å²) >= 11 is 0. The number of hydrogen-bond donors (Lipinski definition) is 1. The SMILES string of the molecule is Cc1cc(N)n(-c2nnc(C)c3ccccc23)n1. The molecule has 0 bridgehead atoms. The lowest BCUT2D eigenvalue weighted by Gasteiger charge is -2.07. The van der Waals surface area contributed by atoms with Crippen molar-refractivity contribution in [3.8, 4) is 5.82 Å². The van der Waals surface area contributed by atoms with Gasteiger partial charge in [0.2, 0.25) is 0 Å². The summed E-state index contributed by atoms with van der Waals surface area (Å²) in [6.45, 7) is 3.84. The van der Waals surface area contributed by atoms with Crippen LogP contribution in [0.1, 0.15) is 11.4 Å². The molecular weight excluding hydrogens is 226 g/mol. The first-order valence-corrected chi connectivity index (χ1v) is 5.71. The zero-order chi connectivity index (χ0) is 12.7. The number of hydrogen-bond acceptors (Lipinski definition) is 4. The Kier molecular flexibility index (Phi) is 2.26. The smallest absolute Gasteiger partial charge is 0.185 e. The normalized spacial score (nSPS) is 11.0. The quantitative estimate of drug-likeness (QED) is 0.705. The molecule has 2 heterocycles. The van der Waals surface area contributed by atoms with E-state index in [9.17, 15) is 0 Å². The molecule has 0 fully saturated rings. The molecule has 0 spiro atoms. The van der Waals surface area contributed by atoms with Gasteiger partial charge >= 0.3 is 0 Å². The lowest BCUT2D eigenvalue weighted by Crippen LogP contribution is -2.06. The van der Waals surface area contributed by atoms with Crippen LogP contribution in [0.25, 0.3) is 16.6 Å². The number of nitrogens with two attached hydrogens (primary N) is 1. The maximum Gasteiger partial charge on any atom is 0.185 e. The minimum Gasteiger partial charge on any atom is -0.384 e. The van der Waals surface area contributed by atoms with E-state index in [1.54, 1.807) is 4.68 Å². The average Bonchev–Trinajstić information content (AvgIpc) is 2.69. The minimum atomic E-state index is 0.566. The number of rotatable bonds is 1. The molecule has 0 aliphatic rings. The van der Waals surface area contributed by atoms with E-state index in [0.717, 1.165) is 22.2 Å². The predicted octanol–water partition coefficient (Wildman–Crippen LogP) is 2.01. The van der Waals surface area contributed by atoms with Crippen molar-refractivity contribution in [2.75, 3.05) is 5.73 Å². The Morgan fingerprint density at radius 3 is 2.44 bits per heavy atom. The summed E-state index contributed by atoms with van der Waals surface area (Å²) in [5.41, 5.74) is 7.70. The summed E-state index contributed by atoms with van der Waals surface area (Å²) in [7, 11) is 0. The number of benzene rings is 1. The van der Waals surface area contributed by atoms with Gasteiger partial charge in [-0.05, 0) is 13.8 Å². The van der Waals surface area contributed by atoms with Gasteiger partial charge in [0.05, 0.1) is 11.4 Å². The second-order valence-corrected chi connectivity index (χ2v) is 4.28. The Balaban J connectivity index is 2.37. The van der Waals surface area contributed by atoms with Crippen LogP contribution in [0.3, 0.4) is 0 Å². The molecule has 2 N–H and O–H groups in total. The summed E-state index contributed by atoms with van der Waals surface area (Å²) < 4.78 is 1.63. The molecule has 90 valence electrons. The van der Waals surface area contributed by atoms with Crippen molar-refractivity contribution in [2.24, 2.45) is 0 Å². The molecule has 0 aliphatic heterocycles. The van der Waals surface area contributed by atoms with E-state index in [1.807, 2.05) is 44.2 Å². The molecule has 0 amide bonds. The fraction of sp³-hybridized carbons (Fsp3) is 0.154. The summed E-state index contributed by atoms with van der Waals surface area (Å²) in [5, 5.41) is 14.8. The van der Waals surface area contributed by atoms with E-state index in [2.05, 4.69) is 15.3 Å². The van der Waals surface area contributed by atoms with E-state index >= 15 is 0 Å². The maximum atomic E-state index is 5.94. The van der Waals surface area contributed by atoms with Crippen molar-refractivity contribution in [2.45, 2.75) is 13.8 Å².